The molecule has 3 aromatic rings. The monoisotopic (exact) mass is 262 g/mol. The molecule has 0 saturated carbocycles. The van der Waals surface area contributed by atoms with E-state index in [1.54, 1.807) is 0 Å². The minimum Gasteiger partial charge on any atom is -0.361 e. The Hall–Kier alpha value is -2.02. The van der Waals surface area contributed by atoms with Crippen molar-refractivity contribution in [1.82, 2.24) is 4.98 Å². The molecule has 0 amide bonds. The molecule has 3 rings (SSSR count). The van der Waals surface area contributed by atoms with Gasteiger partial charge in [0.25, 0.3) is 0 Å². The van der Waals surface area contributed by atoms with E-state index in [4.69, 9.17) is 0 Å². The summed E-state index contributed by atoms with van der Waals surface area (Å²) < 4.78 is 0. The summed E-state index contributed by atoms with van der Waals surface area (Å²) in [7, 11) is 0. The van der Waals surface area contributed by atoms with Crippen LogP contribution in [0.25, 0.3) is 10.9 Å². The van der Waals surface area contributed by atoms with Crippen molar-refractivity contribution in [2.24, 2.45) is 0 Å². The molecule has 1 N–H and O–H groups in total. The van der Waals surface area contributed by atoms with Gasteiger partial charge < -0.3 is 4.98 Å². The number of hydrogen-bond acceptors (Lipinski definition) is 0. The number of nitrogens with one attached hydrogen (secondary N) is 1. The molecule has 2 aromatic carbocycles. The Bertz CT molecular complexity index is 694. The summed E-state index contributed by atoms with van der Waals surface area (Å²) in [5.74, 6) is 0.358. The van der Waals surface area contributed by atoms with Crippen LogP contribution in [0.1, 0.15) is 36.0 Å². The number of para-hydroxylation sites is 1. The standard InChI is InChI=1S/C19H20N/c1-3-14-11-8-12-17-18(13-20-19(14)17)16(4-2)15-9-6-5-7-10-15/h5-13,16,20H,2-4H2,1H3. The number of fused-ring (bicyclic) bond motifs is 1. The van der Waals surface area contributed by atoms with Crippen molar-refractivity contribution in [3.05, 3.63) is 78.3 Å². The fourth-order valence-electron chi connectivity index (χ4n) is 3.01. The molecule has 0 fully saturated rings. The van der Waals surface area contributed by atoms with E-state index in [9.17, 15) is 0 Å². The van der Waals surface area contributed by atoms with Crippen molar-refractivity contribution < 1.29 is 0 Å². The maximum absolute atomic E-state index is 4.15. The van der Waals surface area contributed by atoms with Crippen molar-refractivity contribution in [3.8, 4) is 0 Å². The average molecular weight is 262 g/mol. The number of rotatable bonds is 4. The van der Waals surface area contributed by atoms with Crippen molar-refractivity contribution in [2.45, 2.75) is 25.7 Å². The Morgan fingerprint density at radius 2 is 1.85 bits per heavy atom. The summed E-state index contributed by atoms with van der Waals surface area (Å²) in [5.41, 5.74) is 5.35. The molecule has 1 unspecified atom stereocenters. The van der Waals surface area contributed by atoms with E-state index >= 15 is 0 Å². The highest BCUT2D eigenvalue weighted by Crippen LogP contribution is 2.34. The van der Waals surface area contributed by atoms with Crippen LogP contribution in [0.2, 0.25) is 0 Å². The predicted octanol–water partition coefficient (Wildman–Crippen LogP) is 5.09. The van der Waals surface area contributed by atoms with Crippen LogP contribution in [0.4, 0.5) is 0 Å². The van der Waals surface area contributed by atoms with E-state index in [2.05, 4.69) is 73.6 Å². The molecule has 0 aliphatic carbocycles. The van der Waals surface area contributed by atoms with Crippen LogP contribution >= 0.6 is 0 Å². The molecule has 1 radical (unpaired) electrons. The molecule has 101 valence electrons. The molecule has 1 heterocycles. The molecule has 1 nitrogen and oxygen atoms in total. The maximum atomic E-state index is 4.15. The summed E-state index contributed by atoms with van der Waals surface area (Å²) >= 11 is 0. The lowest BCUT2D eigenvalue weighted by atomic mass is 9.88. The van der Waals surface area contributed by atoms with E-state index in [1.807, 2.05) is 0 Å². The summed E-state index contributed by atoms with van der Waals surface area (Å²) in [5, 5.41) is 1.34. The first-order valence-corrected chi connectivity index (χ1v) is 7.28. The minimum absolute atomic E-state index is 0.358. The van der Waals surface area contributed by atoms with Crippen molar-refractivity contribution in [2.75, 3.05) is 0 Å². The van der Waals surface area contributed by atoms with Gasteiger partial charge in [-0.2, -0.15) is 0 Å². The van der Waals surface area contributed by atoms with Gasteiger partial charge in [-0.3, -0.25) is 0 Å². The normalized spacial score (nSPS) is 12.7. The van der Waals surface area contributed by atoms with Gasteiger partial charge in [-0.1, -0.05) is 62.4 Å². The zero-order valence-electron chi connectivity index (χ0n) is 11.9. The molecule has 20 heavy (non-hydrogen) atoms. The van der Waals surface area contributed by atoms with Gasteiger partial charge in [-0.15, -0.1) is 0 Å². The molecule has 0 bridgehead atoms. The first-order valence-electron chi connectivity index (χ1n) is 7.28. The van der Waals surface area contributed by atoms with Crippen LogP contribution in [-0.4, -0.2) is 4.98 Å². The van der Waals surface area contributed by atoms with Gasteiger partial charge in [0.15, 0.2) is 0 Å². The summed E-state index contributed by atoms with van der Waals surface area (Å²) in [6.07, 6.45) is 4.08. The Balaban J connectivity index is 2.14. The lowest BCUT2D eigenvalue weighted by Crippen LogP contribution is -1.98. The fourth-order valence-corrected chi connectivity index (χ4v) is 3.01. The van der Waals surface area contributed by atoms with E-state index in [1.165, 1.54) is 27.6 Å². The molecule has 1 heteroatoms. The van der Waals surface area contributed by atoms with E-state index in [0.29, 0.717) is 5.92 Å². The molecule has 0 saturated heterocycles. The molecular formula is C19H20N. The SMILES string of the molecule is [CH2]CC(c1ccccc1)c1c[nH]c2c(CC)cccc12. The minimum atomic E-state index is 0.358. The molecule has 1 aromatic heterocycles. The summed E-state index contributed by atoms with van der Waals surface area (Å²) in [6.45, 7) is 6.35. The summed E-state index contributed by atoms with van der Waals surface area (Å²) in [4.78, 5) is 3.46. The second-order valence-electron chi connectivity index (χ2n) is 5.19. The van der Waals surface area contributed by atoms with Gasteiger partial charge in [0, 0.05) is 23.0 Å². The molecule has 1 atom stereocenters. The highest BCUT2D eigenvalue weighted by molar-refractivity contribution is 5.87. The summed E-state index contributed by atoms with van der Waals surface area (Å²) in [6, 6.07) is 17.2. The Morgan fingerprint density at radius 3 is 2.55 bits per heavy atom. The number of H-pyrrole nitrogens is 1. The lowest BCUT2D eigenvalue weighted by molar-refractivity contribution is 0.834. The number of benzene rings is 2. The van der Waals surface area contributed by atoms with Crippen molar-refractivity contribution >= 4 is 10.9 Å². The lowest BCUT2D eigenvalue weighted by Gasteiger charge is -2.15. The second kappa shape index (κ2) is 5.54. The predicted molar refractivity (Wildman–Crippen MR) is 85.9 cm³/mol. The topological polar surface area (TPSA) is 15.8 Å². The fraction of sp³-hybridized carbons (Fsp3) is 0.211. The van der Waals surface area contributed by atoms with Gasteiger partial charge in [-0.05, 0) is 29.5 Å². The quantitative estimate of drug-likeness (QED) is 0.674. The van der Waals surface area contributed by atoms with Crippen LogP contribution < -0.4 is 0 Å². The zero-order chi connectivity index (χ0) is 13.9. The molecule has 0 spiro atoms. The maximum Gasteiger partial charge on any atom is 0.0489 e. The van der Waals surface area contributed by atoms with Crippen LogP contribution in [0.15, 0.2) is 54.7 Å². The number of aromatic nitrogens is 1. The van der Waals surface area contributed by atoms with E-state index in [-0.39, 0.29) is 0 Å². The third-order valence-corrected chi connectivity index (χ3v) is 4.08. The number of hydrogen-bond donors (Lipinski definition) is 1. The van der Waals surface area contributed by atoms with E-state index < -0.39 is 0 Å². The third kappa shape index (κ3) is 2.14. The van der Waals surface area contributed by atoms with Crippen LogP contribution in [0.5, 0.6) is 0 Å². The van der Waals surface area contributed by atoms with Gasteiger partial charge in [0.2, 0.25) is 0 Å². The van der Waals surface area contributed by atoms with Gasteiger partial charge >= 0.3 is 0 Å². The zero-order valence-corrected chi connectivity index (χ0v) is 11.9. The van der Waals surface area contributed by atoms with Gasteiger partial charge in [-0.25, -0.2) is 0 Å². The first kappa shape index (κ1) is 13.0. The van der Waals surface area contributed by atoms with Crippen molar-refractivity contribution in [3.63, 3.8) is 0 Å². The molecule has 0 aliphatic rings. The number of aryl methyl sites for hydroxylation is 1. The first-order chi connectivity index (χ1) is 9.85. The largest absolute Gasteiger partial charge is 0.361 e. The highest BCUT2D eigenvalue weighted by atomic mass is 14.7. The third-order valence-electron chi connectivity index (χ3n) is 4.08. The Kier molecular flexibility index (Phi) is 3.60. The van der Waals surface area contributed by atoms with Crippen LogP contribution in [0.3, 0.4) is 0 Å². The molecule has 0 aliphatic heterocycles. The smallest absolute Gasteiger partial charge is 0.0489 e. The number of aromatic amines is 1. The van der Waals surface area contributed by atoms with Gasteiger partial charge in [0.05, 0.1) is 0 Å². The van der Waals surface area contributed by atoms with Crippen molar-refractivity contribution in [1.29, 1.82) is 0 Å². The second-order valence-corrected chi connectivity index (χ2v) is 5.19. The Labute approximate surface area is 120 Å². The van der Waals surface area contributed by atoms with Gasteiger partial charge in [0.1, 0.15) is 0 Å². The van der Waals surface area contributed by atoms with E-state index in [0.717, 1.165) is 12.8 Å². The molecular weight excluding hydrogens is 242 g/mol. The van der Waals surface area contributed by atoms with Crippen LogP contribution in [-0.2, 0) is 6.42 Å². The van der Waals surface area contributed by atoms with Crippen LogP contribution in [0, 0.1) is 6.92 Å². The highest BCUT2D eigenvalue weighted by Gasteiger charge is 2.16. The average Bonchev–Trinajstić information content (AvgIpc) is 2.93. The Morgan fingerprint density at radius 1 is 1.05 bits per heavy atom.